The van der Waals surface area contributed by atoms with Crippen LogP contribution in [0.2, 0.25) is 20.1 Å². The molecule has 0 atom stereocenters. The molecule has 8 fully saturated rings. The summed E-state index contributed by atoms with van der Waals surface area (Å²) < 4.78 is 98.8. The number of aliphatic hydroxyl groups excluding tert-OH is 1. The number of carbonyl (C=O) groups excluding carboxylic acids is 2. The Morgan fingerprint density at radius 1 is 0.442 bits per heavy atom. The number of para-hydroxylation sites is 2. The summed E-state index contributed by atoms with van der Waals surface area (Å²) in [5, 5.41) is 17.7. The van der Waals surface area contributed by atoms with E-state index in [-0.39, 0.29) is 60.4 Å². The maximum Gasteiger partial charge on any atom is 0.419 e. The Labute approximate surface area is 708 Å². The van der Waals surface area contributed by atoms with Gasteiger partial charge in [-0.05, 0) is 285 Å². The van der Waals surface area contributed by atoms with Crippen LogP contribution in [0, 0.1) is 0 Å². The third-order valence-electron chi connectivity index (χ3n) is 21.8. The number of amides is 2. The van der Waals surface area contributed by atoms with Gasteiger partial charge in [0, 0.05) is 142 Å². The van der Waals surface area contributed by atoms with Gasteiger partial charge in [0.15, 0.2) is 0 Å². The number of rotatable bonds is 10. The summed E-state index contributed by atoms with van der Waals surface area (Å²) in [5.41, 5.74) is 2.60. The number of nitrogens with zero attached hydrogens (tertiary/aromatic N) is 6. The molecule has 8 heterocycles. The Hall–Kier alpha value is -5.31. The molecule has 8 aliphatic rings. The number of ether oxygens (including phenoxy) is 4. The fourth-order valence-corrected chi connectivity index (χ4v) is 17.1. The maximum absolute atomic E-state index is 13.1. The Morgan fingerprint density at radius 3 is 1.13 bits per heavy atom. The number of carbonyl (C=O) groups is 2. The Kier molecular flexibility index (Phi) is 36.9. The first-order valence-electron chi connectivity index (χ1n) is 38.9. The van der Waals surface area contributed by atoms with Crippen LogP contribution in [0.3, 0.4) is 0 Å². The van der Waals surface area contributed by atoms with Crippen LogP contribution in [0.4, 0.5) is 53.0 Å². The number of anilines is 3. The second-order valence-electron chi connectivity index (χ2n) is 31.5. The van der Waals surface area contributed by atoms with Crippen molar-refractivity contribution in [2.45, 2.75) is 190 Å². The summed E-state index contributed by atoms with van der Waals surface area (Å²) >= 11 is 30.0. The lowest BCUT2D eigenvalue weighted by Crippen LogP contribution is -2.54. The molecule has 0 aliphatic carbocycles. The molecule has 15 nitrogen and oxygen atoms in total. The average molecular weight is 1810 g/mol. The van der Waals surface area contributed by atoms with Crippen molar-refractivity contribution in [3.05, 3.63) is 181 Å². The molecular formula is C85H113Br2Cl5F6N8O7. The molecule has 4 spiro atoms. The van der Waals surface area contributed by atoms with Gasteiger partial charge < -0.3 is 59.2 Å². The van der Waals surface area contributed by atoms with Crippen molar-refractivity contribution in [2.24, 2.45) is 0 Å². The molecule has 6 aromatic carbocycles. The zero-order valence-electron chi connectivity index (χ0n) is 66.0. The van der Waals surface area contributed by atoms with Gasteiger partial charge in [0.05, 0.1) is 17.7 Å². The van der Waals surface area contributed by atoms with Crippen molar-refractivity contribution >= 4 is 120 Å². The normalized spacial score (nSPS) is 18.7. The second-order valence-corrected chi connectivity index (χ2v) is 35.0. The molecule has 0 unspecified atom stereocenters. The zero-order valence-corrected chi connectivity index (χ0v) is 73.0. The number of nitrogens with one attached hydrogen (secondary N) is 2. The molecular weight excluding hydrogens is 1700 g/mol. The van der Waals surface area contributed by atoms with Gasteiger partial charge in [-0.3, -0.25) is 4.90 Å². The highest BCUT2D eigenvalue weighted by Crippen LogP contribution is 2.46. The minimum atomic E-state index is -4.40. The van der Waals surface area contributed by atoms with Crippen LogP contribution in [0.25, 0.3) is 0 Å². The van der Waals surface area contributed by atoms with E-state index in [1.807, 2.05) is 112 Å². The molecule has 8 saturated heterocycles. The Morgan fingerprint density at radius 2 is 0.788 bits per heavy atom. The van der Waals surface area contributed by atoms with E-state index < -0.39 is 34.7 Å². The minimum absolute atomic E-state index is 0. The number of likely N-dealkylation sites (tertiary alicyclic amines) is 3. The van der Waals surface area contributed by atoms with E-state index in [4.69, 9.17) is 70.5 Å². The molecule has 626 valence electrons. The lowest BCUT2D eigenvalue weighted by molar-refractivity contribution is -0.139. The van der Waals surface area contributed by atoms with Gasteiger partial charge in [-0.1, -0.05) is 103 Å². The van der Waals surface area contributed by atoms with Gasteiger partial charge in [0.2, 0.25) is 0 Å². The van der Waals surface area contributed by atoms with Crippen LogP contribution in [-0.2, 0) is 21.8 Å². The molecule has 0 radical (unpaired) electrons. The smallest absolute Gasteiger partial charge is 0.419 e. The van der Waals surface area contributed by atoms with Crippen LogP contribution >= 0.6 is 90.7 Å². The highest BCUT2D eigenvalue weighted by molar-refractivity contribution is 9.10. The first kappa shape index (κ1) is 94.8. The Bertz CT molecular complexity index is 3790. The number of alkyl halides is 7. The monoisotopic (exact) mass is 1800 g/mol. The van der Waals surface area contributed by atoms with E-state index in [0.29, 0.717) is 23.0 Å². The molecule has 113 heavy (non-hydrogen) atoms. The zero-order chi connectivity index (χ0) is 81.4. The molecule has 0 saturated carbocycles. The average Bonchev–Trinajstić information content (AvgIpc) is 1.59. The highest BCUT2D eigenvalue weighted by atomic mass is 79.9. The van der Waals surface area contributed by atoms with Crippen molar-refractivity contribution < 1.29 is 60.0 Å². The number of halogens is 13. The fraction of sp³-hybridized carbons (Fsp3) is 0.553. The lowest BCUT2D eigenvalue weighted by Gasteiger charge is -2.46. The van der Waals surface area contributed by atoms with Crippen molar-refractivity contribution in [1.29, 1.82) is 0 Å². The minimum Gasteiger partial charge on any atom is -0.492 e. The van der Waals surface area contributed by atoms with E-state index >= 15 is 0 Å². The second kappa shape index (κ2) is 43.9. The standard InChI is InChI=1S/C23H26ClF3N2O.C19H27ClN2O2.C14H19ClN2.C13H24N2O2.C9H8BrF3O.C6H4BrCl.CH4O.ClH/c24-18-6-8-19(9-7-18)29-13-3-10-22(29)11-14-28(15-12-22)16-17-30-21-5-2-1-4-20(21)23(25,26)27;1-18(2,3)24-17(23)21-13-10-19(11-14-21)9-4-12-22(19)16-7-5-15(20)6-8-16;15-12-2-4-13(5-3-12)17-11-1-6-14(17)7-9-16-10-8-14;1-12(2,3)17-11(16)15-9-6-13(7-10-15)5-4-8-14-13;10-5-6-14-8-4-2-1-3-7(8)9(11,12)13;7-5-1-3-6(8)4-2-5;1-2;/h1-2,4-9H,3,10-17H2;5-8H,4,9-14H2,1-3H3;2-5,16H,1,6-11H2;14H,4-10H2,1-3H3;1-4H,5-6H2;1-4H;2H,1H3;1H. The summed E-state index contributed by atoms with van der Waals surface area (Å²) in [6, 6.07) is 42.6. The van der Waals surface area contributed by atoms with Gasteiger partial charge in [0.1, 0.15) is 29.3 Å². The van der Waals surface area contributed by atoms with Crippen LogP contribution in [-0.4, -0.2) is 176 Å². The van der Waals surface area contributed by atoms with Crippen molar-refractivity contribution in [2.75, 3.05) is 125 Å². The van der Waals surface area contributed by atoms with Gasteiger partial charge >= 0.3 is 24.5 Å². The number of hydrogen-bond donors (Lipinski definition) is 3. The van der Waals surface area contributed by atoms with Crippen molar-refractivity contribution in [3.8, 4) is 11.5 Å². The summed E-state index contributed by atoms with van der Waals surface area (Å²) in [6.45, 7) is 24.4. The molecule has 0 aromatic heterocycles. The summed E-state index contributed by atoms with van der Waals surface area (Å²) in [7, 11) is 1.00. The van der Waals surface area contributed by atoms with Crippen LogP contribution in [0.5, 0.6) is 11.5 Å². The van der Waals surface area contributed by atoms with E-state index in [1.54, 1.807) is 6.07 Å². The van der Waals surface area contributed by atoms with E-state index in [0.717, 1.165) is 154 Å². The van der Waals surface area contributed by atoms with Crippen molar-refractivity contribution in [1.82, 2.24) is 25.3 Å². The lowest BCUT2D eigenvalue weighted by atomic mass is 9.84. The Balaban J connectivity index is 0.000000194. The molecule has 0 bridgehead atoms. The highest BCUT2D eigenvalue weighted by Gasteiger charge is 2.47. The summed E-state index contributed by atoms with van der Waals surface area (Å²) in [6.07, 6.45) is 9.60. The quantitative estimate of drug-likeness (QED) is 0.0888. The van der Waals surface area contributed by atoms with Gasteiger partial charge in [-0.15, -0.1) is 12.4 Å². The van der Waals surface area contributed by atoms with E-state index in [1.165, 1.54) is 118 Å². The third kappa shape index (κ3) is 28.5. The topological polar surface area (TPSA) is 135 Å². The molecule has 3 N–H and O–H groups in total. The molecule has 8 aliphatic heterocycles. The van der Waals surface area contributed by atoms with Crippen LogP contribution < -0.4 is 34.8 Å². The van der Waals surface area contributed by atoms with Gasteiger partial charge in [0.25, 0.3) is 0 Å². The maximum atomic E-state index is 13.1. The largest absolute Gasteiger partial charge is 0.492 e. The number of piperidine rings is 4. The van der Waals surface area contributed by atoms with Crippen LogP contribution in [0.1, 0.15) is 155 Å². The number of hydrogen-bond acceptors (Lipinski definition) is 13. The molecule has 14 rings (SSSR count). The van der Waals surface area contributed by atoms with Gasteiger partial charge in [-0.2, -0.15) is 26.3 Å². The predicted octanol–water partition coefficient (Wildman–Crippen LogP) is 22.4. The van der Waals surface area contributed by atoms with Crippen molar-refractivity contribution in [3.63, 3.8) is 0 Å². The summed E-state index contributed by atoms with van der Waals surface area (Å²) in [5.74, 6) is -0.220. The van der Waals surface area contributed by atoms with Crippen LogP contribution in [0.15, 0.2) is 150 Å². The first-order chi connectivity index (χ1) is 53.2. The number of aliphatic hydroxyl groups is 1. The molecule has 6 aromatic rings. The third-order valence-corrected chi connectivity index (χ3v) is 23.6. The SMILES string of the molecule is CC(C)(C)OC(=O)N1CCC2(CCCN2)CC1.CC(C)(C)OC(=O)N1CCC2(CCCN2c2ccc(Cl)cc2)CC1.CO.Cl.Clc1ccc(Br)cc1.Clc1ccc(N2CCCC23CCNCC3)cc1.FC(F)(F)c1ccccc1OCCBr.FC(F)(F)c1ccccc1OCCN1CCC2(CCCN2c2ccc(Cl)cc2)CC1. The van der Waals surface area contributed by atoms with E-state index in [9.17, 15) is 35.9 Å². The molecule has 2 amide bonds. The van der Waals surface area contributed by atoms with Gasteiger partial charge in [-0.25, -0.2) is 9.59 Å². The first-order valence-corrected chi connectivity index (χ1v) is 42.4. The summed E-state index contributed by atoms with van der Waals surface area (Å²) in [4.78, 5) is 37.8. The fourth-order valence-electron chi connectivity index (χ4n) is 16.2. The predicted molar refractivity (Wildman–Crippen MR) is 456 cm³/mol. The van der Waals surface area contributed by atoms with E-state index in [2.05, 4.69) is 98.5 Å². The molecule has 28 heteroatoms. The number of benzene rings is 6.